The number of hydrogen-bond acceptors (Lipinski definition) is 2. The van der Waals surface area contributed by atoms with E-state index in [9.17, 15) is 4.79 Å². The highest BCUT2D eigenvalue weighted by atomic mass is 16.2. The van der Waals surface area contributed by atoms with Crippen molar-refractivity contribution in [2.45, 2.75) is 26.8 Å². The molecule has 2 N–H and O–H groups in total. The van der Waals surface area contributed by atoms with Gasteiger partial charge in [0.15, 0.2) is 0 Å². The lowest BCUT2D eigenvalue weighted by Gasteiger charge is -2.17. The molecule has 1 unspecified atom stereocenters. The van der Waals surface area contributed by atoms with Crippen LogP contribution in [0.1, 0.15) is 18.1 Å². The first kappa shape index (κ1) is 14.1. The molecule has 0 saturated heterocycles. The van der Waals surface area contributed by atoms with E-state index in [1.54, 1.807) is 0 Å². The van der Waals surface area contributed by atoms with Crippen molar-refractivity contribution in [3.63, 3.8) is 0 Å². The maximum Gasteiger partial charge on any atom is 0.246 e. The molecule has 3 nitrogen and oxygen atoms in total. The zero-order chi connectivity index (χ0) is 14.5. The smallest absolute Gasteiger partial charge is 0.246 e. The molecule has 0 aliphatic carbocycles. The SMILES string of the molecule is Cc1cccc(NC(C)C(=O)Nc2ccccc2)c1C. The Morgan fingerprint density at radius 3 is 2.40 bits per heavy atom. The molecule has 0 spiro atoms. The van der Waals surface area contributed by atoms with Crippen LogP contribution in [-0.4, -0.2) is 11.9 Å². The van der Waals surface area contributed by atoms with Crippen LogP contribution in [-0.2, 0) is 4.79 Å². The number of carbonyl (C=O) groups excluding carboxylic acids is 1. The van der Waals surface area contributed by atoms with E-state index in [2.05, 4.69) is 30.5 Å². The number of amides is 1. The van der Waals surface area contributed by atoms with E-state index in [4.69, 9.17) is 0 Å². The van der Waals surface area contributed by atoms with Crippen LogP contribution in [0.4, 0.5) is 11.4 Å². The molecule has 1 atom stereocenters. The van der Waals surface area contributed by atoms with Gasteiger partial charge in [-0.05, 0) is 50.1 Å². The minimum absolute atomic E-state index is 0.0443. The molecule has 0 aromatic heterocycles. The van der Waals surface area contributed by atoms with Gasteiger partial charge in [-0.15, -0.1) is 0 Å². The number of aryl methyl sites for hydroxylation is 1. The minimum atomic E-state index is -0.296. The zero-order valence-corrected chi connectivity index (χ0v) is 12.1. The Kier molecular flexibility index (Phi) is 4.41. The predicted molar refractivity (Wildman–Crippen MR) is 84.1 cm³/mol. The molecule has 0 heterocycles. The lowest BCUT2D eigenvalue weighted by Crippen LogP contribution is -2.32. The van der Waals surface area contributed by atoms with Gasteiger partial charge in [0.1, 0.15) is 6.04 Å². The first-order chi connectivity index (χ1) is 9.58. The Hall–Kier alpha value is -2.29. The van der Waals surface area contributed by atoms with Crippen LogP contribution in [0.2, 0.25) is 0 Å². The number of para-hydroxylation sites is 1. The highest BCUT2D eigenvalue weighted by molar-refractivity contribution is 5.96. The highest BCUT2D eigenvalue weighted by Gasteiger charge is 2.13. The van der Waals surface area contributed by atoms with Gasteiger partial charge in [-0.2, -0.15) is 0 Å². The van der Waals surface area contributed by atoms with E-state index < -0.39 is 0 Å². The van der Waals surface area contributed by atoms with Gasteiger partial charge < -0.3 is 10.6 Å². The maximum atomic E-state index is 12.1. The largest absolute Gasteiger partial charge is 0.374 e. The Morgan fingerprint density at radius 2 is 1.70 bits per heavy atom. The molecule has 0 aliphatic rings. The third kappa shape index (κ3) is 3.38. The van der Waals surface area contributed by atoms with Gasteiger partial charge >= 0.3 is 0 Å². The summed E-state index contributed by atoms with van der Waals surface area (Å²) >= 11 is 0. The Bertz CT molecular complexity index is 593. The molecule has 2 aromatic carbocycles. The molecule has 0 radical (unpaired) electrons. The van der Waals surface area contributed by atoms with Crippen LogP contribution in [0.25, 0.3) is 0 Å². The van der Waals surface area contributed by atoms with Crippen molar-refractivity contribution >= 4 is 17.3 Å². The van der Waals surface area contributed by atoms with Crippen molar-refractivity contribution in [1.82, 2.24) is 0 Å². The van der Waals surface area contributed by atoms with Crippen LogP contribution in [0.3, 0.4) is 0 Å². The van der Waals surface area contributed by atoms with Crippen molar-refractivity contribution in [1.29, 1.82) is 0 Å². The summed E-state index contributed by atoms with van der Waals surface area (Å²) in [5, 5.41) is 6.15. The number of hydrogen-bond donors (Lipinski definition) is 2. The van der Waals surface area contributed by atoms with Gasteiger partial charge in [0, 0.05) is 11.4 Å². The fourth-order valence-corrected chi connectivity index (χ4v) is 1.98. The lowest BCUT2D eigenvalue weighted by atomic mass is 10.1. The molecule has 2 rings (SSSR count). The van der Waals surface area contributed by atoms with Gasteiger partial charge in [0.25, 0.3) is 0 Å². The van der Waals surface area contributed by atoms with E-state index in [0.29, 0.717) is 0 Å². The molecular formula is C17H20N2O. The average Bonchev–Trinajstić information content (AvgIpc) is 2.45. The van der Waals surface area contributed by atoms with E-state index >= 15 is 0 Å². The van der Waals surface area contributed by atoms with E-state index in [-0.39, 0.29) is 11.9 Å². The van der Waals surface area contributed by atoms with Crippen molar-refractivity contribution in [2.24, 2.45) is 0 Å². The van der Waals surface area contributed by atoms with Crippen molar-refractivity contribution < 1.29 is 4.79 Å². The monoisotopic (exact) mass is 268 g/mol. The summed E-state index contributed by atoms with van der Waals surface area (Å²) in [5.41, 5.74) is 4.20. The van der Waals surface area contributed by atoms with Crippen LogP contribution in [0, 0.1) is 13.8 Å². The molecule has 1 amide bonds. The summed E-state index contributed by atoms with van der Waals surface area (Å²) in [6.45, 7) is 5.98. The topological polar surface area (TPSA) is 41.1 Å². The normalized spacial score (nSPS) is 11.8. The van der Waals surface area contributed by atoms with E-state index in [1.807, 2.05) is 49.4 Å². The Morgan fingerprint density at radius 1 is 1.00 bits per heavy atom. The van der Waals surface area contributed by atoms with Crippen LogP contribution >= 0.6 is 0 Å². The Balaban J connectivity index is 2.03. The zero-order valence-electron chi connectivity index (χ0n) is 12.1. The number of anilines is 2. The summed E-state index contributed by atoms with van der Waals surface area (Å²) in [7, 11) is 0. The van der Waals surface area contributed by atoms with Gasteiger partial charge in [-0.3, -0.25) is 4.79 Å². The second kappa shape index (κ2) is 6.24. The third-order valence-corrected chi connectivity index (χ3v) is 3.41. The van der Waals surface area contributed by atoms with Crippen molar-refractivity contribution in [3.8, 4) is 0 Å². The summed E-state index contributed by atoms with van der Waals surface area (Å²) < 4.78 is 0. The third-order valence-electron chi connectivity index (χ3n) is 3.41. The van der Waals surface area contributed by atoms with Crippen LogP contribution in [0.5, 0.6) is 0 Å². The standard InChI is InChI=1S/C17H20N2O/c1-12-8-7-11-16(13(12)2)18-14(3)17(20)19-15-9-5-4-6-10-15/h4-11,14,18H,1-3H3,(H,19,20). The molecule has 0 saturated carbocycles. The number of nitrogens with one attached hydrogen (secondary N) is 2. The Labute approximate surface area is 120 Å². The van der Waals surface area contributed by atoms with E-state index in [1.165, 1.54) is 11.1 Å². The fourth-order valence-electron chi connectivity index (χ4n) is 1.98. The molecule has 3 heteroatoms. The molecule has 0 fully saturated rings. The molecule has 0 bridgehead atoms. The van der Waals surface area contributed by atoms with Crippen LogP contribution < -0.4 is 10.6 Å². The summed E-state index contributed by atoms with van der Waals surface area (Å²) in [4.78, 5) is 12.1. The molecule has 104 valence electrons. The molecule has 2 aromatic rings. The van der Waals surface area contributed by atoms with Gasteiger partial charge in [-0.25, -0.2) is 0 Å². The molecule has 0 aliphatic heterocycles. The minimum Gasteiger partial charge on any atom is -0.374 e. The average molecular weight is 268 g/mol. The summed E-state index contributed by atoms with van der Waals surface area (Å²) in [5.74, 6) is -0.0443. The number of benzene rings is 2. The predicted octanol–water partition coefficient (Wildman–Crippen LogP) is 3.74. The van der Waals surface area contributed by atoms with Gasteiger partial charge in [0.05, 0.1) is 0 Å². The first-order valence-corrected chi connectivity index (χ1v) is 6.76. The summed E-state index contributed by atoms with van der Waals surface area (Å²) in [6.07, 6.45) is 0. The number of carbonyl (C=O) groups is 1. The second-order valence-electron chi connectivity index (χ2n) is 4.97. The van der Waals surface area contributed by atoms with Gasteiger partial charge in [0.2, 0.25) is 5.91 Å². The van der Waals surface area contributed by atoms with Crippen molar-refractivity contribution in [2.75, 3.05) is 10.6 Å². The molecule has 20 heavy (non-hydrogen) atoms. The highest BCUT2D eigenvalue weighted by Crippen LogP contribution is 2.19. The van der Waals surface area contributed by atoms with Crippen molar-refractivity contribution in [3.05, 3.63) is 59.7 Å². The quantitative estimate of drug-likeness (QED) is 0.886. The molecular weight excluding hydrogens is 248 g/mol. The van der Waals surface area contributed by atoms with Gasteiger partial charge in [-0.1, -0.05) is 30.3 Å². The lowest BCUT2D eigenvalue weighted by molar-refractivity contribution is -0.116. The fraction of sp³-hybridized carbons (Fsp3) is 0.235. The second-order valence-corrected chi connectivity index (χ2v) is 4.97. The summed E-state index contributed by atoms with van der Waals surface area (Å²) in [6, 6.07) is 15.2. The maximum absolute atomic E-state index is 12.1. The number of rotatable bonds is 4. The first-order valence-electron chi connectivity index (χ1n) is 6.76. The van der Waals surface area contributed by atoms with Crippen LogP contribution in [0.15, 0.2) is 48.5 Å². The van der Waals surface area contributed by atoms with E-state index in [0.717, 1.165) is 11.4 Å².